The van der Waals surface area contributed by atoms with Crippen LogP contribution in [0.5, 0.6) is 0 Å². The summed E-state index contributed by atoms with van der Waals surface area (Å²) in [7, 11) is 0. The number of amides is 1. The lowest BCUT2D eigenvalue weighted by molar-refractivity contribution is -0.113. The highest BCUT2D eigenvalue weighted by atomic mass is 35.5. The molecule has 0 aliphatic rings. The van der Waals surface area contributed by atoms with E-state index in [1.807, 2.05) is 22.8 Å². The van der Waals surface area contributed by atoms with Crippen LogP contribution in [0, 0.1) is 0 Å². The maximum absolute atomic E-state index is 12.2. The zero-order chi connectivity index (χ0) is 19.2. The average molecular weight is 420 g/mol. The molecule has 0 aliphatic heterocycles. The number of allylic oxidation sites excluding steroid dienone is 1. The fourth-order valence-corrected chi connectivity index (χ4v) is 3.43. The van der Waals surface area contributed by atoms with Crippen molar-refractivity contribution < 1.29 is 4.79 Å². The van der Waals surface area contributed by atoms with Crippen molar-refractivity contribution in [3.8, 4) is 11.4 Å². The maximum atomic E-state index is 12.2. The highest BCUT2D eigenvalue weighted by Gasteiger charge is 2.15. The molecular formula is C18H15Cl2N5OS. The second-order valence-corrected chi connectivity index (χ2v) is 7.13. The van der Waals surface area contributed by atoms with Crippen LogP contribution in [-0.4, -0.2) is 31.4 Å². The Morgan fingerprint density at radius 3 is 2.85 bits per heavy atom. The lowest BCUT2D eigenvalue weighted by Crippen LogP contribution is -2.15. The Bertz CT molecular complexity index is 976. The van der Waals surface area contributed by atoms with Gasteiger partial charge < -0.3 is 5.32 Å². The van der Waals surface area contributed by atoms with Crippen LogP contribution >= 0.6 is 35.0 Å². The van der Waals surface area contributed by atoms with Crippen LogP contribution in [0.2, 0.25) is 10.2 Å². The summed E-state index contributed by atoms with van der Waals surface area (Å²) in [6.07, 6.45) is 3.30. The molecule has 2 aromatic heterocycles. The van der Waals surface area contributed by atoms with Crippen molar-refractivity contribution in [1.82, 2.24) is 19.7 Å². The number of rotatable bonds is 7. The first-order valence-corrected chi connectivity index (χ1v) is 9.66. The van der Waals surface area contributed by atoms with Gasteiger partial charge in [-0.3, -0.25) is 9.36 Å². The summed E-state index contributed by atoms with van der Waals surface area (Å²) in [6, 6.07) is 10.8. The maximum Gasteiger partial charge on any atom is 0.234 e. The Labute approximate surface area is 170 Å². The molecule has 0 bridgehead atoms. The molecule has 0 atom stereocenters. The zero-order valence-corrected chi connectivity index (χ0v) is 16.4. The van der Waals surface area contributed by atoms with Gasteiger partial charge in [0.15, 0.2) is 16.1 Å². The minimum atomic E-state index is -0.215. The van der Waals surface area contributed by atoms with E-state index in [0.717, 1.165) is 5.56 Å². The van der Waals surface area contributed by atoms with E-state index < -0.39 is 0 Å². The van der Waals surface area contributed by atoms with Crippen molar-refractivity contribution in [2.45, 2.75) is 11.7 Å². The molecule has 6 nitrogen and oxygen atoms in total. The first-order chi connectivity index (χ1) is 13.1. The number of nitrogens with zero attached hydrogens (tertiary/aromatic N) is 4. The topological polar surface area (TPSA) is 72.7 Å². The van der Waals surface area contributed by atoms with Crippen LogP contribution in [0.25, 0.3) is 11.4 Å². The molecule has 9 heteroatoms. The summed E-state index contributed by atoms with van der Waals surface area (Å²) < 4.78 is 1.88. The van der Waals surface area contributed by atoms with Gasteiger partial charge in [-0.25, -0.2) is 4.98 Å². The van der Waals surface area contributed by atoms with E-state index in [9.17, 15) is 4.79 Å². The number of carbonyl (C=O) groups is 1. The lowest BCUT2D eigenvalue weighted by Gasteiger charge is -2.08. The van der Waals surface area contributed by atoms with Gasteiger partial charge in [0.1, 0.15) is 0 Å². The second kappa shape index (κ2) is 9.03. The molecule has 1 aromatic carbocycles. The van der Waals surface area contributed by atoms with E-state index in [0.29, 0.717) is 28.2 Å². The molecule has 1 amide bonds. The minimum Gasteiger partial charge on any atom is -0.323 e. The number of anilines is 1. The number of aromatic nitrogens is 4. The van der Waals surface area contributed by atoms with Gasteiger partial charge in [-0.05, 0) is 24.3 Å². The van der Waals surface area contributed by atoms with Crippen LogP contribution in [-0.2, 0) is 11.3 Å². The summed E-state index contributed by atoms with van der Waals surface area (Å²) in [5, 5.41) is 12.6. The van der Waals surface area contributed by atoms with E-state index >= 15 is 0 Å². The van der Waals surface area contributed by atoms with Crippen molar-refractivity contribution in [1.29, 1.82) is 0 Å². The summed E-state index contributed by atoms with van der Waals surface area (Å²) in [6.45, 7) is 4.28. The Morgan fingerprint density at radius 2 is 2.11 bits per heavy atom. The third-order valence-electron chi connectivity index (χ3n) is 3.48. The van der Waals surface area contributed by atoms with E-state index in [4.69, 9.17) is 23.2 Å². The molecule has 27 heavy (non-hydrogen) atoms. The number of benzene rings is 1. The molecule has 3 aromatic rings. The number of pyridine rings is 1. The van der Waals surface area contributed by atoms with Gasteiger partial charge in [0.2, 0.25) is 5.91 Å². The summed E-state index contributed by atoms with van der Waals surface area (Å²) in [5.74, 6) is 0.596. The molecule has 0 radical (unpaired) electrons. The number of thioether (sulfide) groups is 1. The van der Waals surface area contributed by atoms with E-state index in [-0.39, 0.29) is 16.8 Å². The van der Waals surface area contributed by atoms with Gasteiger partial charge in [0.25, 0.3) is 0 Å². The Balaban J connectivity index is 1.74. The Morgan fingerprint density at radius 1 is 1.26 bits per heavy atom. The van der Waals surface area contributed by atoms with Crippen molar-refractivity contribution in [2.24, 2.45) is 0 Å². The lowest BCUT2D eigenvalue weighted by atomic mass is 10.2. The predicted molar refractivity (Wildman–Crippen MR) is 109 cm³/mol. The molecule has 0 spiro atoms. The average Bonchev–Trinajstić information content (AvgIpc) is 3.05. The molecule has 0 fully saturated rings. The van der Waals surface area contributed by atoms with Gasteiger partial charge in [-0.1, -0.05) is 53.2 Å². The van der Waals surface area contributed by atoms with Crippen molar-refractivity contribution in [2.75, 3.05) is 11.1 Å². The normalized spacial score (nSPS) is 10.6. The quantitative estimate of drug-likeness (QED) is 0.345. The molecule has 0 aliphatic carbocycles. The van der Waals surface area contributed by atoms with Crippen LogP contribution in [0.1, 0.15) is 0 Å². The number of carbonyl (C=O) groups excluding carboxylic acids is 1. The molecule has 2 heterocycles. The monoisotopic (exact) mass is 419 g/mol. The van der Waals surface area contributed by atoms with E-state index in [2.05, 4.69) is 27.1 Å². The molecule has 0 saturated heterocycles. The molecule has 3 rings (SSSR count). The zero-order valence-electron chi connectivity index (χ0n) is 14.1. The standard InChI is InChI=1S/C18H15Cl2N5OS/c1-2-9-25-17(12-5-3-6-13(19)10-12)23-24-18(25)27-11-15(26)22-14-7-4-8-21-16(14)20/h2-8,10H,1,9,11H2,(H,22,26). The van der Waals surface area contributed by atoms with Crippen LogP contribution in [0.3, 0.4) is 0 Å². The first-order valence-electron chi connectivity index (χ1n) is 7.91. The smallest absolute Gasteiger partial charge is 0.234 e. The largest absolute Gasteiger partial charge is 0.323 e. The van der Waals surface area contributed by atoms with Gasteiger partial charge in [0.05, 0.1) is 11.4 Å². The van der Waals surface area contributed by atoms with Gasteiger partial charge >= 0.3 is 0 Å². The Hall–Kier alpha value is -2.35. The summed E-state index contributed by atoms with van der Waals surface area (Å²) in [5.41, 5.74) is 1.31. The second-order valence-electron chi connectivity index (χ2n) is 5.39. The van der Waals surface area contributed by atoms with Crippen molar-refractivity contribution in [3.05, 3.63) is 65.4 Å². The number of hydrogen-bond acceptors (Lipinski definition) is 5. The van der Waals surface area contributed by atoms with Crippen molar-refractivity contribution >= 4 is 46.6 Å². The molecule has 0 unspecified atom stereocenters. The van der Waals surface area contributed by atoms with E-state index in [1.54, 1.807) is 30.5 Å². The van der Waals surface area contributed by atoms with Crippen LogP contribution in [0.15, 0.2) is 60.4 Å². The van der Waals surface area contributed by atoms with Crippen molar-refractivity contribution in [3.63, 3.8) is 0 Å². The van der Waals surface area contributed by atoms with Gasteiger partial charge in [-0.2, -0.15) is 0 Å². The number of nitrogens with one attached hydrogen (secondary N) is 1. The Kier molecular flexibility index (Phi) is 6.49. The molecule has 0 saturated carbocycles. The highest BCUT2D eigenvalue weighted by molar-refractivity contribution is 7.99. The SMILES string of the molecule is C=CCn1c(SCC(=O)Nc2cccnc2Cl)nnc1-c1cccc(Cl)c1. The summed E-state index contributed by atoms with van der Waals surface area (Å²) in [4.78, 5) is 16.1. The predicted octanol–water partition coefficient (Wildman–Crippen LogP) is 4.56. The van der Waals surface area contributed by atoms with Gasteiger partial charge in [-0.15, -0.1) is 16.8 Å². The third kappa shape index (κ3) is 4.88. The first kappa shape index (κ1) is 19.4. The summed E-state index contributed by atoms with van der Waals surface area (Å²) >= 11 is 13.3. The van der Waals surface area contributed by atoms with Crippen LogP contribution in [0.4, 0.5) is 5.69 Å². The van der Waals surface area contributed by atoms with Crippen LogP contribution < -0.4 is 5.32 Å². The van der Waals surface area contributed by atoms with E-state index in [1.165, 1.54) is 11.8 Å². The third-order valence-corrected chi connectivity index (χ3v) is 4.98. The van der Waals surface area contributed by atoms with Gasteiger partial charge in [0, 0.05) is 23.3 Å². The number of hydrogen-bond donors (Lipinski definition) is 1. The molecule has 138 valence electrons. The molecular weight excluding hydrogens is 405 g/mol. The fraction of sp³-hybridized carbons (Fsp3) is 0.111. The minimum absolute atomic E-state index is 0.149. The molecule has 1 N–H and O–H groups in total. The number of halogens is 2. The highest BCUT2D eigenvalue weighted by Crippen LogP contribution is 2.26. The fourth-order valence-electron chi connectivity index (χ4n) is 2.33.